The van der Waals surface area contributed by atoms with Crippen molar-refractivity contribution in [3.63, 3.8) is 0 Å². The largest absolute Gasteiger partial charge is 0.497 e. The number of allylic oxidation sites excluding steroid dienone is 2. The molecule has 0 unspecified atom stereocenters. The Balaban J connectivity index is 1.56. The van der Waals surface area contributed by atoms with Crippen molar-refractivity contribution in [2.45, 2.75) is 75.6 Å². The van der Waals surface area contributed by atoms with E-state index in [-0.39, 0.29) is 31.7 Å². The SMILES string of the molecule is COc1ccc(C2(c3ccc(OC)cc3)c3sc(-c4ccc(C(C)(C)C)s4)cc3C3=C(c4cc(-c5ccc(C(C)(C)C)s5)sc42)C(F)(F)C(F)(F)C3(F)F)cc1. The number of rotatable bonds is 6. The predicted octanol–water partition coefficient (Wildman–Crippen LogP) is 14.4. The summed E-state index contributed by atoms with van der Waals surface area (Å²) in [4.78, 5) is 4.97. The molecule has 2 aliphatic carbocycles. The third-order valence-electron chi connectivity index (χ3n) is 10.6. The summed E-state index contributed by atoms with van der Waals surface area (Å²) in [5.74, 6) is -15.1. The fraction of sp³-hybridized carbons (Fsp3) is 0.318. The van der Waals surface area contributed by atoms with Crippen molar-refractivity contribution in [1.29, 1.82) is 0 Å². The van der Waals surface area contributed by atoms with Gasteiger partial charge in [0, 0.05) is 61.3 Å². The van der Waals surface area contributed by atoms with Crippen molar-refractivity contribution in [1.82, 2.24) is 0 Å². The van der Waals surface area contributed by atoms with Crippen molar-refractivity contribution in [3.8, 4) is 31.0 Å². The molecule has 0 fully saturated rings. The summed E-state index contributed by atoms with van der Waals surface area (Å²) >= 11 is 5.26. The van der Waals surface area contributed by atoms with E-state index in [2.05, 4.69) is 41.5 Å². The zero-order valence-electron chi connectivity index (χ0n) is 31.8. The first-order valence-electron chi connectivity index (χ1n) is 17.9. The van der Waals surface area contributed by atoms with Gasteiger partial charge in [0.1, 0.15) is 11.5 Å². The highest BCUT2D eigenvalue weighted by atomic mass is 32.1. The van der Waals surface area contributed by atoms with Gasteiger partial charge in [0.2, 0.25) is 0 Å². The van der Waals surface area contributed by atoms with E-state index in [9.17, 15) is 0 Å². The summed E-state index contributed by atoms with van der Waals surface area (Å²) < 4.78 is 110. The first kappa shape index (κ1) is 39.0. The Morgan fingerprint density at radius 3 is 1.12 bits per heavy atom. The van der Waals surface area contributed by atoms with Crippen LogP contribution in [0.1, 0.15) is 83.3 Å². The van der Waals surface area contributed by atoms with Gasteiger partial charge in [0.25, 0.3) is 0 Å². The van der Waals surface area contributed by atoms with Gasteiger partial charge in [-0.1, -0.05) is 65.8 Å². The first-order chi connectivity index (χ1) is 26.2. The molecule has 0 saturated heterocycles. The third-order valence-corrected chi connectivity index (χ3v) is 16.5. The van der Waals surface area contributed by atoms with E-state index in [1.54, 1.807) is 48.5 Å². The molecule has 2 aliphatic rings. The van der Waals surface area contributed by atoms with Crippen LogP contribution in [0.5, 0.6) is 11.5 Å². The van der Waals surface area contributed by atoms with E-state index in [4.69, 9.17) is 9.47 Å². The number of halogens is 6. The normalized spacial score (nSPS) is 18.0. The van der Waals surface area contributed by atoms with Gasteiger partial charge in [0.05, 0.1) is 19.6 Å². The molecular weight excluding hydrogens is 803 g/mol. The lowest BCUT2D eigenvalue weighted by atomic mass is 9.70. The maximum Gasteiger partial charge on any atom is 0.380 e. The number of thiophene rings is 4. The quantitative estimate of drug-likeness (QED) is 0.156. The molecule has 292 valence electrons. The second-order valence-corrected chi connectivity index (χ2v) is 20.5. The van der Waals surface area contributed by atoms with Crippen LogP contribution in [0.15, 0.2) is 84.9 Å². The second kappa shape index (κ2) is 12.8. The van der Waals surface area contributed by atoms with E-state index in [0.717, 1.165) is 9.75 Å². The number of hydrogen-bond donors (Lipinski definition) is 0. The van der Waals surface area contributed by atoms with E-state index < -0.39 is 34.3 Å². The number of fused-ring (bicyclic) bond motifs is 4. The average molecular weight is 841 g/mol. The molecule has 8 rings (SSSR count). The zero-order chi connectivity index (χ0) is 40.4. The molecule has 0 spiro atoms. The van der Waals surface area contributed by atoms with Crippen molar-refractivity contribution >= 4 is 56.5 Å². The maximum atomic E-state index is 16.7. The van der Waals surface area contributed by atoms with Crippen LogP contribution < -0.4 is 9.47 Å². The summed E-state index contributed by atoms with van der Waals surface area (Å²) in [5.41, 5.74) is -4.20. The van der Waals surface area contributed by atoms with Gasteiger partial charge in [-0.15, -0.1) is 45.3 Å². The number of ether oxygens (including phenoxy) is 2. The molecule has 0 bridgehead atoms. The van der Waals surface area contributed by atoms with E-state index >= 15 is 26.3 Å². The molecule has 12 heteroatoms. The fourth-order valence-electron chi connectivity index (χ4n) is 7.61. The molecule has 0 amide bonds. The predicted molar refractivity (Wildman–Crippen MR) is 219 cm³/mol. The minimum absolute atomic E-state index is 0.234. The van der Waals surface area contributed by atoms with Crippen molar-refractivity contribution in [2.24, 2.45) is 0 Å². The minimum Gasteiger partial charge on any atom is -0.497 e. The molecule has 6 aromatic rings. The topological polar surface area (TPSA) is 18.5 Å². The lowest BCUT2D eigenvalue weighted by Gasteiger charge is -2.36. The maximum absolute atomic E-state index is 16.7. The van der Waals surface area contributed by atoms with Crippen molar-refractivity contribution < 1.29 is 35.8 Å². The Morgan fingerprint density at radius 1 is 0.464 bits per heavy atom. The summed E-state index contributed by atoms with van der Waals surface area (Å²) in [6.45, 7) is 12.3. The van der Waals surface area contributed by atoms with Crippen LogP contribution in [-0.2, 0) is 16.2 Å². The molecule has 56 heavy (non-hydrogen) atoms. The molecule has 2 nitrogen and oxygen atoms in total. The van der Waals surface area contributed by atoms with Gasteiger partial charge < -0.3 is 9.47 Å². The lowest BCUT2D eigenvalue weighted by molar-refractivity contribution is -0.254. The summed E-state index contributed by atoms with van der Waals surface area (Å²) in [7, 11) is 3.04. The first-order valence-corrected chi connectivity index (χ1v) is 21.1. The molecule has 2 aromatic carbocycles. The van der Waals surface area contributed by atoms with Crippen molar-refractivity contribution in [3.05, 3.63) is 127 Å². The molecule has 0 radical (unpaired) electrons. The van der Waals surface area contributed by atoms with Crippen LogP contribution in [0.2, 0.25) is 0 Å². The van der Waals surface area contributed by atoms with Gasteiger partial charge in [-0.3, -0.25) is 0 Å². The highest BCUT2D eigenvalue weighted by Gasteiger charge is 2.81. The van der Waals surface area contributed by atoms with Crippen LogP contribution in [-0.4, -0.2) is 32.0 Å². The van der Waals surface area contributed by atoms with Gasteiger partial charge in [0.15, 0.2) is 0 Å². The van der Waals surface area contributed by atoms with Gasteiger partial charge in [-0.2, -0.15) is 26.3 Å². The number of hydrogen-bond acceptors (Lipinski definition) is 6. The lowest BCUT2D eigenvalue weighted by Crippen LogP contribution is -2.49. The molecular formula is C44H38F6O2S4. The standard InChI is InChI=1S/C44H38F6O2S4/c1-39(2,3)33-19-17-29(53-33)31-21-27-35-36(43(47,48)44(49,50)42(35,45)46)28-22-32(30-18-20-34(54-30)40(4,5)6)56-38(28)41(37(27)55-31,23-9-13-25(51-7)14-10-23)24-11-15-26(52-8)16-12-24/h9-22H,1-8H3. The molecule has 4 heterocycles. The Hall–Kier alpha value is -3.84. The smallest absolute Gasteiger partial charge is 0.380 e. The van der Waals surface area contributed by atoms with E-state index in [1.165, 1.54) is 71.7 Å². The van der Waals surface area contributed by atoms with Crippen LogP contribution in [0.25, 0.3) is 30.7 Å². The van der Waals surface area contributed by atoms with Crippen molar-refractivity contribution in [2.75, 3.05) is 14.2 Å². The molecule has 0 saturated carbocycles. The Labute approximate surface area is 338 Å². The highest BCUT2D eigenvalue weighted by Crippen LogP contribution is 2.70. The molecule has 0 N–H and O–H groups in total. The number of alkyl halides is 6. The Morgan fingerprint density at radius 2 is 0.821 bits per heavy atom. The molecule has 0 atom stereocenters. The highest BCUT2D eigenvalue weighted by molar-refractivity contribution is 7.24. The van der Waals surface area contributed by atoms with Gasteiger partial charge in [-0.25, -0.2) is 0 Å². The summed E-state index contributed by atoms with van der Waals surface area (Å²) in [6, 6.07) is 24.6. The summed E-state index contributed by atoms with van der Waals surface area (Å²) in [6.07, 6.45) is 0. The van der Waals surface area contributed by atoms with Crippen LogP contribution in [0.3, 0.4) is 0 Å². The zero-order valence-corrected chi connectivity index (χ0v) is 35.1. The van der Waals surface area contributed by atoms with Gasteiger partial charge >= 0.3 is 17.8 Å². The molecule has 0 aliphatic heterocycles. The monoisotopic (exact) mass is 840 g/mol. The minimum atomic E-state index is -5.70. The average Bonchev–Trinajstić information content (AvgIpc) is 3.97. The number of benzene rings is 2. The number of methoxy groups -OCH3 is 2. The summed E-state index contributed by atoms with van der Waals surface area (Å²) in [5, 5.41) is 0. The van der Waals surface area contributed by atoms with Crippen LogP contribution >= 0.6 is 45.3 Å². The Kier molecular flexibility index (Phi) is 8.94. The van der Waals surface area contributed by atoms with Crippen LogP contribution in [0.4, 0.5) is 26.3 Å². The van der Waals surface area contributed by atoms with E-state index in [0.29, 0.717) is 42.1 Å². The fourth-order valence-corrected chi connectivity index (χ4v) is 12.8. The third kappa shape index (κ3) is 5.52. The Bertz CT molecular complexity index is 2330. The van der Waals surface area contributed by atoms with E-state index in [1.807, 2.05) is 24.3 Å². The molecule has 4 aromatic heterocycles. The van der Waals surface area contributed by atoms with Gasteiger partial charge in [-0.05, 0) is 82.6 Å². The second-order valence-electron chi connectivity index (χ2n) is 16.2. The van der Waals surface area contributed by atoms with Crippen LogP contribution in [0, 0.1) is 0 Å².